The minimum Gasteiger partial charge on any atom is -0.369 e. The first-order valence-corrected chi connectivity index (χ1v) is 6.13. The molecule has 0 fully saturated rings. The summed E-state index contributed by atoms with van der Waals surface area (Å²) in [6, 6.07) is 7.59. The van der Waals surface area contributed by atoms with Gasteiger partial charge in [-0.25, -0.2) is 9.97 Å². The Kier molecular flexibility index (Phi) is 4.07. The molecule has 0 saturated carbocycles. The number of anilines is 2. The van der Waals surface area contributed by atoms with Crippen LogP contribution in [-0.4, -0.2) is 22.4 Å². The van der Waals surface area contributed by atoms with E-state index in [1.807, 2.05) is 38.1 Å². The number of aryl methyl sites for hydroxylation is 1. The summed E-state index contributed by atoms with van der Waals surface area (Å²) >= 11 is 0. The van der Waals surface area contributed by atoms with Gasteiger partial charge in [-0.15, -0.1) is 0 Å². The zero-order chi connectivity index (χ0) is 13.7. The lowest BCUT2D eigenvalue weighted by Gasteiger charge is -2.06. The van der Waals surface area contributed by atoms with Crippen molar-refractivity contribution in [3.8, 4) is 0 Å². The average molecular weight is 256 g/mol. The normalized spacial score (nSPS) is 10.0. The predicted molar refractivity (Wildman–Crippen MR) is 75.3 cm³/mol. The van der Waals surface area contributed by atoms with E-state index >= 15 is 0 Å². The van der Waals surface area contributed by atoms with Gasteiger partial charge in [0.2, 0.25) is 0 Å². The molecule has 0 atom stereocenters. The number of amides is 1. The van der Waals surface area contributed by atoms with Crippen LogP contribution >= 0.6 is 0 Å². The van der Waals surface area contributed by atoms with E-state index in [4.69, 9.17) is 0 Å². The van der Waals surface area contributed by atoms with Crippen LogP contribution in [0.25, 0.3) is 0 Å². The Bertz CT molecular complexity index is 549. The maximum atomic E-state index is 11.9. The van der Waals surface area contributed by atoms with Crippen molar-refractivity contribution in [2.75, 3.05) is 17.2 Å². The maximum Gasteiger partial charge on any atom is 0.275 e. The van der Waals surface area contributed by atoms with Crippen LogP contribution in [0.5, 0.6) is 0 Å². The van der Waals surface area contributed by atoms with E-state index in [2.05, 4.69) is 20.6 Å². The lowest BCUT2D eigenvalue weighted by molar-refractivity contribution is 0.102. The molecule has 98 valence electrons. The van der Waals surface area contributed by atoms with Crippen LogP contribution in [-0.2, 0) is 0 Å². The molecule has 5 nitrogen and oxygen atoms in total. The monoisotopic (exact) mass is 256 g/mol. The van der Waals surface area contributed by atoms with Gasteiger partial charge in [-0.2, -0.15) is 0 Å². The molecule has 2 aromatic rings. The third kappa shape index (κ3) is 3.51. The number of carbonyl (C=O) groups excluding carboxylic acids is 1. The molecule has 0 saturated heterocycles. The van der Waals surface area contributed by atoms with Crippen molar-refractivity contribution >= 4 is 17.4 Å². The third-order valence-corrected chi connectivity index (χ3v) is 2.55. The SMILES string of the molecule is CCNc1cnc(C(=O)Nc2ccc(C)cc2)cn1. The molecule has 0 aliphatic carbocycles. The summed E-state index contributed by atoms with van der Waals surface area (Å²) in [5, 5.41) is 5.80. The summed E-state index contributed by atoms with van der Waals surface area (Å²) < 4.78 is 0. The number of hydrogen-bond donors (Lipinski definition) is 2. The van der Waals surface area contributed by atoms with E-state index in [1.54, 1.807) is 6.20 Å². The minimum absolute atomic E-state index is 0.264. The Morgan fingerprint density at radius 3 is 2.47 bits per heavy atom. The van der Waals surface area contributed by atoms with E-state index in [-0.39, 0.29) is 5.91 Å². The number of nitrogens with zero attached hydrogens (tertiary/aromatic N) is 2. The Labute approximate surface area is 112 Å². The molecule has 0 aliphatic rings. The molecule has 1 aromatic heterocycles. The van der Waals surface area contributed by atoms with Gasteiger partial charge < -0.3 is 10.6 Å². The van der Waals surface area contributed by atoms with Gasteiger partial charge in [0, 0.05) is 12.2 Å². The molecule has 5 heteroatoms. The minimum atomic E-state index is -0.264. The van der Waals surface area contributed by atoms with Gasteiger partial charge in [0.25, 0.3) is 5.91 Å². The molecule has 1 aromatic carbocycles. The standard InChI is InChI=1S/C14H16N4O/c1-3-15-13-9-16-12(8-17-13)14(19)18-11-6-4-10(2)5-7-11/h4-9H,3H2,1-2H3,(H,15,17)(H,18,19). The van der Waals surface area contributed by atoms with Crippen LogP contribution in [0.3, 0.4) is 0 Å². The lowest BCUT2D eigenvalue weighted by Crippen LogP contribution is -2.14. The number of nitrogens with one attached hydrogen (secondary N) is 2. The largest absolute Gasteiger partial charge is 0.369 e. The van der Waals surface area contributed by atoms with E-state index in [9.17, 15) is 4.79 Å². The molecular formula is C14H16N4O. The van der Waals surface area contributed by atoms with Crippen molar-refractivity contribution in [2.45, 2.75) is 13.8 Å². The Morgan fingerprint density at radius 1 is 1.16 bits per heavy atom. The molecule has 0 unspecified atom stereocenters. The number of aromatic nitrogens is 2. The van der Waals surface area contributed by atoms with Crippen LogP contribution in [0.1, 0.15) is 23.0 Å². The van der Waals surface area contributed by atoms with Crippen molar-refractivity contribution in [3.63, 3.8) is 0 Å². The zero-order valence-electron chi connectivity index (χ0n) is 11.0. The molecular weight excluding hydrogens is 240 g/mol. The highest BCUT2D eigenvalue weighted by molar-refractivity contribution is 6.02. The van der Waals surface area contributed by atoms with E-state index < -0.39 is 0 Å². The van der Waals surface area contributed by atoms with Crippen LogP contribution < -0.4 is 10.6 Å². The summed E-state index contributed by atoms with van der Waals surface area (Å²) in [5.74, 6) is 0.397. The van der Waals surface area contributed by atoms with Gasteiger partial charge in [-0.05, 0) is 26.0 Å². The molecule has 1 amide bonds. The van der Waals surface area contributed by atoms with Gasteiger partial charge in [-0.3, -0.25) is 4.79 Å². The van der Waals surface area contributed by atoms with Gasteiger partial charge >= 0.3 is 0 Å². The first-order chi connectivity index (χ1) is 9.19. The molecule has 0 radical (unpaired) electrons. The van der Waals surface area contributed by atoms with Gasteiger partial charge in [-0.1, -0.05) is 17.7 Å². The summed E-state index contributed by atoms with van der Waals surface area (Å²) in [4.78, 5) is 20.1. The lowest BCUT2D eigenvalue weighted by atomic mass is 10.2. The Balaban J connectivity index is 2.05. The predicted octanol–water partition coefficient (Wildman–Crippen LogP) is 2.47. The van der Waals surface area contributed by atoms with E-state index in [0.717, 1.165) is 17.8 Å². The molecule has 0 bridgehead atoms. The third-order valence-electron chi connectivity index (χ3n) is 2.55. The Hall–Kier alpha value is -2.43. The second-order valence-electron chi connectivity index (χ2n) is 4.14. The van der Waals surface area contributed by atoms with Gasteiger partial charge in [0.1, 0.15) is 11.5 Å². The molecule has 2 N–H and O–H groups in total. The summed E-state index contributed by atoms with van der Waals surface area (Å²) in [5.41, 5.74) is 2.18. The molecule has 0 aliphatic heterocycles. The summed E-state index contributed by atoms with van der Waals surface area (Å²) in [6.45, 7) is 4.74. The number of benzene rings is 1. The van der Waals surface area contributed by atoms with Crippen molar-refractivity contribution in [3.05, 3.63) is 47.9 Å². The highest BCUT2D eigenvalue weighted by Gasteiger charge is 2.08. The molecule has 2 rings (SSSR count). The number of hydrogen-bond acceptors (Lipinski definition) is 4. The van der Waals surface area contributed by atoms with Crippen molar-refractivity contribution in [1.29, 1.82) is 0 Å². The molecule has 1 heterocycles. The Morgan fingerprint density at radius 2 is 1.89 bits per heavy atom. The van der Waals surface area contributed by atoms with E-state index in [0.29, 0.717) is 11.5 Å². The highest BCUT2D eigenvalue weighted by Crippen LogP contribution is 2.10. The van der Waals surface area contributed by atoms with Crippen LogP contribution in [0, 0.1) is 6.92 Å². The van der Waals surface area contributed by atoms with E-state index in [1.165, 1.54) is 6.20 Å². The second kappa shape index (κ2) is 5.95. The van der Waals surface area contributed by atoms with Crippen molar-refractivity contribution in [1.82, 2.24) is 9.97 Å². The first kappa shape index (κ1) is 13.0. The summed E-state index contributed by atoms with van der Waals surface area (Å²) in [7, 11) is 0. The fraction of sp³-hybridized carbons (Fsp3) is 0.214. The summed E-state index contributed by atoms with van der Waals surface area (Å²) in [6.07, 6.45) is 3.01. The topological polar surface area (TPSA) is 66.9 Å². The van der Waals surface area contributed by atoms with Crippen LogP contribution in [0.15, 0.2) is 36.7 Å². The zero-order valence-corrected chi connectivity index (χ0v) is 11.0. The maximum absolute atomic E-state index is 11.9. The smallest absolute Gasteiger partial charge is 0.275 e. The second-order valence-corrected chi connectivity index (χ2v) is 4.14. The van der Waals surface area contributed by atoms with Crippen LogP contribution in [0.4, 0.5) is 11.5 Å². The van der Waals surface area contributed by atoms with Gasteiger partial charge in [0.15, 0.2) is 0 Å². The fourth-order valence-corrected chi connectivity index (χ4v) is 1.55. The quantitative estimate of drug-likeness (QED) is 0.881. The average Bonchev–Trinajstić information content (AvgIpc) is 2.42. The number of carbonyl (C=O) groups is 1. The van der Waals surface area contributed by atoms with Crippen LogP contribution in [0.2, 0.25) is 0 Å². The number of rotatable bonds is 4. The molecule has 0 spiro atoms. The first-order valence-electron chi connectivity index (χ1n) is 6.13. The highest BCUT2D eigenvalue weighted by atomic mass is 16.1. The van der Waals surface area contributed by atoms with Gasteiger partial charge in [0.05, 0.1) is 12.4 Å². The fourth-order valence-electron chi connectivity index (χ4n) is 1.55. The van der Waals surface area contributed by atoms with Crippen molar-refractivity contribution in [2.24, 2.45) is 0 Å². The van der Waals surface area contributed by atoms with Crippen molar-refractivity contribution < 1.29 is 4.79 Å². The molecule has 19 heavy (non-hydrogen) atoms.